The molecule has 0 aliphatic carbocycles. The first kappa shape index (κ1) is 14.6. The van der Waals surface area contributed by atoms with E-state index in [1.54, 1.807) is 11.3 Å². The van der Waals surface area contributed by atoms with Gasteiger partial charge < -0.3 is 5.73 Å². The molecule has 0 bridgehead atoms. The highest BCUT2D eigenvalue weighted by atomic mass is 32.2. The standard InChI is InChI=1S/C14H15FN2O2S2/c15-13-2-1-12(7-11(13)8-16)21(18,19)17-5-3-14-10(9-17)4-6-20-14/h1-2,4,6-7H,3,5,8-9,16H2. The maximum atomic E-state index is 13.5. The molecule has 0 unspecified atom stereocenters. The number of rotatable bonds is 3. The van der Waals surface area contributed by atoms with E-state index in [0.717, 1.165) is 18.1 Å². The molecule has 0 fully saturated rings. The van der Waals surface area contributed by atoms with Gasteiger partial charge in [0.25, 0.3) is 0 Å². The van der Waals surface area contributed by atoms with Crippen LogP contribution >= 0.6 is 11.3 Å². The van der Waals surface area contributed by atoms with E-state index < -0.39 is 15.8 Å². The summed E-state index contributed by atoms with van der Waals surface area (Å²) in [5.74, 6) is -0.477. The number of thiophene rings is 1. The Labute approximate surface area is 127 Å². The summed E-state index contributed by atoms with van der Waals surface area (Å²) < 4.78 is 40.2. The average Bonchev–Trinajstić information content (AvgIpc) is 2.94. The number of nitrogens with zero attached hydrogens (tertiary/aromatic N) is 1. The van der Waals surface area contributed by atoms with Crippen molar-refractivity contribution in [2.45, 2.75) is 24.4 Å². The van der Waals surface area contributed by atoms with E-state index in [1.807, 2.05) is 11.4 Å². The van der Waals surface area contributed by atoms with Crippen LogP contribution in [0.1, 0.15) is 16.0 Å². The van der Waals surface area contributed by atoms with Crippen LogP contribution in [0, 0.1) is 5.82 Å². The molecular weight excluding hydrogens is 311 g/mol. The van der Waals surface area contributed by atoms with Gasteiger partial charge in [0, 0.05) is 30.1 Å². The zero-order valence-electron chi connectivity index (χ0n) is 11.3. The van der Waals surface area contributed by atoms with E-state index >= 15 is 0 Å². The maximum absolute atomic E-state index is 13.5. The topological polar surface area (TPSA) is 63.4 Å². The Morgan fingerprint density at radius 3 is 2.90 bits per heavy atom. The first-order valence-electron chi connectivity index (χ1n) is 6.56. The number of hydrogen-bond donors (Lipinski definition) is 1. The molecule has 0 spiro atoms. The van der Waals surface area contributed by atoms with Crippen LogP contribution in [0.25, 0.3) is 0 Å². The summed E-state index contributed by atoms with van der Waals surface area (Å²) in [4.78, 5) is 1.34. The maximum Gasteiger partial charge on any atom is 0.243 e. The Hall–Kier alpha value is -1.28. The van der Waals surface area contributed by atoms with Gasteiger partial charge in [0.1, 0.15) is 5.82 Å². The normalized spacial score (nSPS) is 15.9. The van der Waals surface area contributed by atoms with Crippen LogP contribution in [0.15, 0.2) is 34.5 Å². The molecule has 21 heavy (non-hydrogen) atoms. The van der Waals surface area contributed by atoms with Crippen LogP contribution in [-0.4, -0.2) is 19.3 Å². The fourth-order valence-electron chi connectivity index (χ4n) is 2.44. The van der Waals surface area contributed by atoms with Crippen LogP contribution in [0.4, 0.5) is 4.39 Å². The second kappa shape index (κ2) is 5.49. The summed E-state index contributed by atoms with van der Waals surface area (Å²) >= 11 is 1.65. The van der Waals surface area contributed by atoms with E-state index in [-0.39, 0.29) is 17.0 Å². The largest absolute Gasteiger partial charge is 0.326 e. The van der Waals surface area contributed by atoms with Crippen LogP contribution < -0.4 is 5.73 Å². The Morgan fingerprint density at radius 2 is 2.14 bits per heavy atom. The van der Waals surface area contributed by atoms with Gasteiger partial charge in [-0.2, -0.15) is 4.31 Å². The van der Waals surface area contributed by atoms with Crippen molar-refractivity contribution in [2.75, 3.05) is 6.54 Å². The van der Waals surface area contributed by atoms with E-state index in [1.165, 1.54) is 21.3 Å². The second-order valence-electron chi connectivity index (χ2n) is 4.91. The summed E-state index contributed by atoms with van der Waals surface area (Å²) in [6.45, 7) is 0.797. The quantitative estimate of drug-likeness (QED) is 0.939. The molecule has 2 heterocycles. The molecule has 0 saturated carbocycles. The molecule has 1 aromatic heterocycles. The van der Waals surface area contributed by atoms with Gasteiger partial charge in [0.05, 0.1) is 4.90 Å². The van der Waals surface area contributed by atoms with Gasteiger partial charge in [-0.15, -0.1) is 11.3 Å². The summed E-state index contributed by atoms with van der Waals surface area (Å²) in [6.07, 6.45) is 0.719. The van der Waals surface area contributed by atoms with E-state index in [9.17, 15) is 12.8 Å². The van der Waals surface area contributed by atoms with Gasteiger partial charge in [-0.05, 0) is 41.6 Å². The zero-order chi connectivity index (χ0) is 15.0. The Morgan fingerprint density at radius 1 is 1.33 bits per heavy atom. The molecular formula is C14H15FN2O2S2. The van der Waals surface area contributed by atoms with Gasteiger partial charge in [-0.1, -0.05) is 0 Å². The van der Waals surface area contributed by atoms with Gasteiger partial charge >= 0.3 is 0 Å². The molecule has 1 aliphatic heterocycles. The van der Waals surface area contributed by atoms with Crippen LogP contribution in [0.2, 0.25) is 0 Å². The van der Waals surface area contributed by atoms with Crippen LogP contribution in [-0.2, 0) is 29.5 Å². The van der Waals surface area contributed by atoms with Crippen molar-refractivity contribution in [1.29, 1.82) is 0 Å². The number of halogens is 1. The lowest BCUT2D eigenvalue weighted by molar-refractivity contribution is 0.394. The minimum atomic E-state index is -3.62. The smallest absolute Gasteiger partial charge is 0.243 e. The van der Waals surface area contributed by atoms with Gasteiger partial charge in [0.2, 0.25) is 10.0 Å². The molecule has 1 aliphatic rings. The Balaban J connectivity index is 1.94. The van der Waals surface area contributed by atoms with Crippen molar-refractivity contribution >= 4 is 21.4 Å². The average molecular weight is 326 g/mol. The molecule has 0 amide bonds. The molecule has 3 rings (SSSR count). The fourth-order valence-corrected chi connectivity index (χ4v) is 4.80. The highest BCUT2D eigenvalue weighted by molar-refractivity contribution is 7.89. The molecule has 4 nitrogen and oxygen atoms in total. The number of fused-ring (bicyclic) bond motifs is 1. The van der Waals surface area contributed by atoms with Crippen molar-refractivity contribution in [1.82, 2.24) is 4.31 Å². The van der Waals surface area contributed by atoms with E-state index in [2.05, 4.69) is 0 Å². The molecule has 112 valence electrons. The highest BCUT2D eigenvalue weighted by Crippen LogP contribution is 2.28. The van der Waals surface area contributed by atoms with Crippen molar-refractivity contribution in [3.05, 3.63) is 51.5 Å². The fraction of sp³-hybridized carbons (Fsp3) is 0.286. The third-order valence-corrected chi connectivity index (χ3v) is 6.51. The minimum absolute atomic E-state index is 0.0239. The minimum Gasteiger partial charge on any atom is -0.326 e. The molecule has 2 N–H and O–H groups in total. The molecule has 0 radical (unpaired) electrons. The predicted molar refractivity (Wildman–Crippen MR) is 79.9 cm³/mol. The SMILES string of the molecule is NCc1cc(S(=O)(=O)N2CCc3sccc3C2)ccc1F. The van der Waals surface area contributed by atoms with Crippen LogP contribution in [0.5, 0.6) is 0 Å². The number of hydrogen-bond acceptors (Lipinski definition) is 4. The van der Waals surface area contributed by atoms with Gasteiger partial charge in [-0.3, -0.25) is 0 Å². The first-order chi connectivity index (χ1) is 10.0. The molecule has 0 atom stereocenters. The molecule has 0 saturated heterocycles. The van der Waals surface area contributed by atoms with Crippen molar-refractivity contribution in [2.24, 2.45) is 5.73 Å². The summed E-state index contributed by atoms with van der Waals surface area (Å²) in [7, 11) is -3.62. The van der Waals surface area contributed by atoms with Gasteiger partial charge in [0.15, 0.2) is 0 Å². The monoisotopic (exact) mass is 326 g/mol. The lowest BCUT2D eigenvalue weighted by Crippen LogP contribution is -2.35. The van der Waals surface area contributed by atoms with E-state index in [4.69, 9.17) is 5.73 Å². The zero-order valence-corrected chi connectivity index (χ0v) is 12.9. The number of nitrogens with two attached hydrogens (primary N) is 1. The lowest BCUT2D eigenvalue weighted by atomic mass is 10.1. The summed E-state index contributed by atoms with van der Waals surface area (Å²) in [5.41, 5.74) is 6.71. The van der Waals surface area contributed by atoms with Gasteiger partial charge in [-0.25, -0.2) is 12.8 Å². The number of benzene rings is 1. The molecule has 7 heteroatoms. The summed E-state index contributed by atoms with van der Waals surface area (Å²) in [6, 6.07) is 5.74. The third kappa shape index (κ3) is 2.62. The molecule has 2 aromatic rings. The highest BCUT2D eigenvalue weighted by Gasteiger charge is 2.29. The molecule has 1 aromatic carbocycles. The van der Waals surface area contributed by atoms with E-state index in [0.29, 0.717) is 13.1 Å². The Bertz CT molecular complexity index is 771. The third-order valence-electron chi connectivity index (χ3n) is 3.65. The summed E-state index contributed by atoms with van der Waals surface area (Å²) in [5, 5.41) is 1.98. The predicted octanol–water partition coefficient (Wildman–Crippen LogP) is 2.09. The first-order valence-corrected chi connectivity index (χ1v) is 8.88. The second-order valence-corrected chi connectivity index (χ2v) is 7.85. The number of sulfonamides is 1. The lowest BCUT2D eigenvalue weighted by Gasteiger charge is -2.26. The van der Waals surface area contributed by atoms with Crippen molar-refractivity contribution in [3.8, 4) is 0 Å². The Kier molecular flexibility index (Phi) is 3.83. The van der Waals surface area contributed by atoms with Crippen LogP contribution in [0.3, 0.4) is 0 Å². The van der Waals surface area contributed by atoms with Crippen molar-refractivity contribution in [3.63, 3.8) is 0 Å². The van der Waals surface area contributed by atoms with Crippen molar-refractivity contribution < 1.29 is 12.8 Å².